The van der Waals surface area contributed by atoms with Crippen molar-refractivity contribution in [2.75, 3.05) is 0 Å². The summed E-state index contributed by atoms with van der Waals surface area (Å²) in [7, 11) is -2.09. The van der Waals surface area contributed by atoms with Gasteiger partial charge in [0, 0.05) is 18.1 Å². The average Bonchev–Trinajstić information content (AvgIpc) is 2.61. The molecule has 0 spiro atoms. The molecule has 2 aromatic rings. The Morgan fingerprint density at radius 3 is 2.70 bits per heavy atom. The number of aromatic nitrogens is 2. The zero-order valence-electron chi connectivity index (χ0n) is 10.9. The monoisotopic (exact) mass is 377 g/mol. The Labute approximate surface area is 131 Å². The van der Waals surface area contributed by atoms with E-state index in [-0.39, 0.29) is 16.6 Å². The zero-order valence-corrected chi connectivity index (χ0v) is 14.1. The normalized spacial score (nSPS) is 11.8. The summed E-state index contributed by atoms with van der Waals surface area (Å²) in [4.78, 5) is 0.0247. The van der Waals surface area contributed by atoms with Crippen LogP contribution in [0.1, 0.15) is 11.3 Å². The molecule has 0 atom stereocenters. The van der Waals surface area contributed by atoms with E-state index in [9.17, 15) is 8.42 Å². The van der Waals surface area contributed by atoms with Crippen LogP contribution < -0.4 is 4.72 Å². The van der Waals surface area contributed by atoms with E-state index in [1.807, 2.05) is 24.3 Å². The molecule has 0 aliphatic rings. The van der Waals surface area contributed by atoms with Gasteiger partial charge in [0.25, 0.3) is 0 Å². The molecule has 0 aliphatic heterocycles. The fourth-order valence-corrected chi connectivity index (χ4v) is 4.02. The molecule has 0 amide bonds. The highest BCUT2D eigenvalue weighted by molar-refractivity contribution is 9.10. The smallest absolute Gasteiger partial charge is 0.245 e. The van der Waals surface area contributed by atoms with Gasteiger partial charge in [-0.05, 0) is 24.6 Å². The molecule has 2 rings (SSSR count). The Kier molecular flexibility index (Phi) is 4.53. The Hall–Kier alpha value is -0.890. The van der Waals surface area contributed by atoms with Crippen molar-refractivity contribution in [2.24, 2.45) is 7.05 Å². The lowest BCUT2D eigenvalue weighted by Crippen LogP contribution is -2.24. The van der Waals surface area contributed by atoms with Crippen molar-refractivity contribution in [3.05, 3.63) is 45.1 Å². The van der Waals surface area contributed by atoms with Crippen molar-refractivity contribution in [3.8, 4) is 0 Å². The highest BCUT2D eigenvalue weighted by Gasteiger charge is 2.24. The first-order chi connectivity index (χ1) is 9.31. The van der Waals surface area contributed by atoms with Crippen LogP contribution in [0, 0.1) is 6.92 Å². The second-order valence-electron chi connectivity index (χ2n) is 4.28. The van der Waals surface area contributed by atoms with Crippen LogP contribution in [0.3, 0.4) is 0 Å². The van der Waals surface area contributed by atoms with Crippen LogP contribution in [0.25, 0.3) is 0 Å². The SMILES string of the molecule is Cc1nn(C)c(Cl)c1S(=O)(=O)NCc1cccc(Br)c1. The Bertz CT molecular complexity index is 743. The summed E-state index contributed by atoms with van der Waals surface area (Å²) in [5, 5.41) is 4.11. The van der Waals surface area contributed by atoms with Crippen molar-refractivity contribution >= 4 is 37.6 Å². The Balaban J connectivity index is 2.24. The second kappa shape index (κ2) is 5.85. The molecular formula is C12H13BrClN3O2S. The summed E-state index contributed by atoms with van der Waals surface area (Å²) < 4.78 is 29.3. The number of halogens is 2. The van der Waals surface area contributed by atoms with Crippen LogP contribution in [-0.4, -0.2) is 18.2 Å². The number of hydrogen-bond acceptors (Lipinski definition) is 3. The molecule has 1 aromatic carbocycles. The van der Waals surface area contributed by atoms with Crippen molar-refractivity contribution in [2.45, 2.75) is 18.4 Å². The van der Waals surface area contributed by atoms with Gasteiger partial charge in [-0.15, -0.1) is 0 Å². The molecular weight excluding hydrogens is 366 g/mol. The third-order valence-electron chi connectivity index (χ3n) is 2.72. The van der Waals surface area contributed by atoms with Gasteiger partial charge < -0.3 is 0 Å². The third kappa shape index (κ3) is 3.22. The van der Waals surface area contributed by atoms with Crippen molar-refractivity contribution < 1.29 is 8.42 Å². The highest BCUT2D eigenvalue weighted by atomic mass is 79.9. The summed E-state index contributed by atoms with van der Waals surface area (Å²) in [6.45, 7) is 1.80. The highest BCUT2D eigenvalue weighted by Crippen LogP contribution is 2.24. The van der Waals surface area contributed by atoms with Crippen molar-refractivity contribution in [3.63, 3.8) is 0 Å². The van der Waals surface area contributed by atoms with E-state index in [1.54, 1.807) is 14.0 Å². The predicted octanol–water partition coefficient (Wildman–Crippen LogP) is 2.62. The summed E-state index contributed by atoms with van der Waals surface area (Å²) >= 11 is 9.32. The summed E-state index contributed by atoms with van der Waals surface area (Å²) in [6, 6.07) is 7.40. The van der Waals surface area contributed by atoms with Crippen LogP contribution in [0.15, 0.2) is 33.6 Å². The Morgan fingerprint density at radius 1 is 1.45 bits per heavy atom. The van der Waals surface area contributed by atoms with Gasteiger partial charge >= 0.3 is 0 Å². The molecule has 108 valence electrons. The molecule has 0 bridgehead atoms. The topological polar surface area (TPSA) is 64.0 Å². The number of hydrogen-bond donors (Lipinski definition) is 1. The predicted molar refractivity (Wildman–Crippen MR) is 81.1 cm³/mol. The van der Waals surface area contributed by atoms with Gasteiger partial charge in [0.05, 0.1) is 5.69 Å². The summed E-state index contributed by atoms with van der Waals surface area (Å²) in [5.41, 5.74) is 1.22. The molecule has 5 nitrogen and oxygen atoms in total. The van der Waals surface area contributed by atoms with E-state index in [0.29, 0.717) is 5.69 Å². The van der Waals surface area contributed by atoms with E-state index in [1.165, 1.54) is 4.68 Å². The first-order valence-electron chi connectivity index (χ1n) is 5.74. The van der Waals surface area contributed by atoms with E-state index in [0.717, 1.165) is 10.0 Å². The lowest BCUT2D eigenvalue weighted by molar-refractivity contribution is 0.580. The molecule has 8 heteroatoms. The minimum absolute atomic E-state index is 0.0247. The van der Waals surface area contributed by atoms with E-state index < -0.39 is 10.0 Å². The fraction of sp³-hybridized carbons (Fsp3) is 0.250. The molecule has 0 radical (unpaired) electrons. The third-order valence-corrected chi connectivity index (χ3v) is 5.31. The van der Waals surface area contributed by atoms with Gasteiger partial charge in [0.1, 0.15) is 10.0 Å². The van der Waals surface area contributed by atoms with Crippen LogP contribution >= 0.6 is 27.5 Å². The quantitative estimate of drug-likeness (QED) is 0.889. The number of aryl methyl sites for hydroxylation is 2. The van der Waals surface area contributed by atoms with Crippen molar-refractivity contribution in [1.82, 2.24) is 14.5 Å². The van der Waals surface area contributed by atoms with Gasteiger partial charge in [0.2, 0.25) is 10.0 Å². The van der Waals surface area contributed by atoms with Crippen LogP contribution in [0.5, 0.6) is 0 Å². The van der Waals surface area contributed by atoms with Gasteiger partial charge in [-0.3, -0.25) is 4.68 Å². The molecule has 1 N–H and O–H groups in total. The van der Waals surface area contributed by atoms with E-state index in [2.05, 4.69) is 25.8 Å². The van der Waals surface area contributed by atoms with Gasteiger partial charge in [-0.1, -0.05) is 39.7 Å². The lowest BCUT2D eigenvalue weighted by atomic mass is 10.2. The minimum Gasteiger partial charge on any atom is -0.255 e. The molecule has 0 fully saturated rings. The zero-order chi connectivity index (χ0) is 14.9. The molecule has 20 heavy (non-hydrogen) atoms. The molecule has 0 saturated carbocycles. The van der Waals surface area contributed by atoms with Crippen LogP contribution in [-0.2, 0) is 23.6 Å². The maximum absolute atomic E-state index is 12.3. The van der Waals surface area contributed by atoms with Gasteiger partial charge in [-0.25, -0.2) is 13.1 Å². The second-order valence-corrected chi connectivity index (χ2v) is 7.26. The molecule has 1 aromatic heterocycles. The fourth-order valence-electron chi connectivity index (χ4n) is 1.81. The number of rotatable bonds is 4. The molecule has 0 saturated heterocycles. The number of sulfonamides is 1. The summed E-state index contributed by atoms with van der Waals surface area (Å²) in [6.07, 6.45) is 0. The first-order valence-corrected chi connectivity index (χ1v) is 8.40. The first kappa shape index (κ1) is 15.5. The number of nitrogens with zero attached hydrogens (tertiary/aromatic N) is 2. The van der Waals surface area contributed by atoms with Crippen LogP contribution in [0.2, 0.25) is 5.15 Å². The number of nitrogens with one attached hydrogen (secondary N) is 1. The van der Waals surface area contributed by atoms with E-state index >= 15 is 0 Å². The van der Waals surface area contributed by atoms with E-state index in [4.69, 9.17) is 11.6 Å². The lowest BCUT2D eigenvalue weighted by Gasteiger charge is -2.07. The number of benzene rings is 1. The maximum atomic E-state index is 12.3. The van der Waals surface area contributed by atoms with Crippen LogP contribution in [0.4, 0.5) is 0 Å². The molecule has 0 unspecified atom stereocenters. The minimum atomic E-state index is -3.69. The Morgan fingerprint density at radius 2 is 2.15 bits per heavy atom. The average molecular weight is 379 g/mol. The van der Waals surface area contributed by atoms with Gasteiger partial charge in [0.15, 0.2) is 0 Å². The standard InChI is InChI=1S/C12H13BrClN3O2S/c1-8-11(12(14)17(2)16-8)20(18,19)15-7-9-4-3-5-10(13)6-9/h3-6,15H,7H2,1-2H3. The molecule has 1 heterocycles. The van der Waals surface area contributed by atoms with Crippen molar-refractivity contribution in [1.29, 1.82) is 0 Å². The largest absolute Gasteiger partial charge is 0.255 e. The maximum Gasteiger partial charge on any atom is 0.245 e. The molecule has 0 aliphatic carbocycles. The summed E-state index contributed by atoms with van der Waals surface area (Å²) in [5.74, 6) is 0. The van der Waals surface area contributed by atoms with Gasteiger partial charge in [-0.2, -0.15) is 5.10 Å².